The lowest BCUT2D eigenvalue weighted by Crippen LogP contribution is -2.37. The number of rotatable bonds is 4. The van der Waals surface area contributed by atoms with E-state index in [0.717, 1.165) is 10.5 Å². The van der Waals surface area contributed by atoms with E-state index in [2.05, 4.69) is 0 Å². The molecule has 2 N–H and O–H groups in total. The number of hydrogen-bond acceptors (Lipinski definition) is 2. The van der Waals surface area contributed by atoms with Crippen molar-refractivity contribution < 1.29 is 18.0 Å². The summed E-state index contributed by atoms with van der Waals surface area (Å²) in [7, 11) is 1.32. The summed E-state index contributed by atoms with van der Waals surface area (Å²) in [5.41, 5.74) is 7.37. The molecule has 0 saturated carbocycles. The number of nitrogens with two attached hydrogens (primary N) is 1. The number of nitrogens with zero attached hydrogens (tertiary/aromatic N) is 1. The van der Waals surface area contributed by atoms with Crippen molar-refractivity contribution in [2.75, 3.05) is 13.6 Å². The van der Waals surface area contributed by atoms with E-state index in [1.54, 1.807) is 24.3 Å². The van der Waals surface area contributed by atoms with Crippen molar-refractivity contribution in [3.05, 3.63) is 35.4 Å². The molecule has 1 unspecified atom stereocenters. The van der Waals surface area contributed by atoms with E-state index >= 15 is 0 Å². The fourth-order valence-electron chi connectivity index (χ4n) is 1.56. The maximum Gasteiger partial charge on any atom is 0.390 e. The van der Waals surface area contributed by atoms with Crippen molar-refractivity contribution in [1.29, 1.82) is 0 Å². The molecule has 106 valence electrons. The van der Waals surface area contributed by atoms with Gasteiger partial charge in [-0.3, -0.25) is 4.79 Å². The van der Waals surface area contributed by atoms with Gasteiger partial charge in [-0.25, -0.2) is 0 Å². The minimum atomic E-state index is -4.28. The van der Waals surface area contributed by atoms with Gasteiger partial charge in [0.05, 0.1) is 6.42 Å². The molecule has 0 aliphatic rings. The van der Waals surface area contributed by atoms with Crippen molar-refractivity contribution >= 4 is 5.91 Å². The highest BCUT2D eigenvalue weighted by Crippen LogP contribution is 2.20. The average molecular weight is 274 g/mol. The highest BCUT2D eigenvalue weighted by molar-refractivity contribution is 5.82. The third-order valence-electron chi connectivity index (χ3n) is 2.81. The second-order valence-electron chi connectivity index (χ2n) is 4.51. The fourth-order valence-corrected chi connectivity index (χ4v) is 1.56. The van der Waals surface area contributed by atoms with Crippen LogP contribution in [0, 0.1) is 6.92 Å². The molecule has 0 bridgehead atoms. The van der Waals surface area contributed by atoms with Crippen molar-refractivity contribution in [2.45, 2.75) is 25.6 Å². The minimum Gasteiger partial charge on any atom is -0.344 e. The molecular weight excluding hydrogens is 257 g/mol. The Labute approximate surface area is 110 Å². The first-order valence-electron chi connectivity index (χ1n) is 5.84. The number of carbonyl (C=O) groups is 1. The summed E-state index contributed by atoms with van der Waals surface area (Å²) in [5.74, 6) is -0.520. The molecule has 0 aliphatic carbocycles. The number of alkyl halides is 3. The van der Waals surface area contributed by atoms with E-state index in [4.69, 9.17) is 5.73 Å². The summed E-state index contributed by atoms with van der Waals surface area (Å²) in [5, 5.41) is 0. The van der Waals surface area contributed by atoms with Crippen molar-refractivity contribution in [3.8, 4) is 0 Å². The molecule has 6 heteroatoms. The monoisotopic (exact) mass is 274 g/mol. The van der Waals surface area contributed by atoms with Crippen LogP contribution in [0.15, 0.2) is 24.3 Å². The van der Waals surface area contributed by atoms with Crippen molar-refractivity contribution in [1.82, 2.24) is 4.90 Å². The highest BCUT2D eigenvalue weighted by Gasteiger charge is 2.29. The fraction of sp³-hybridized carbons (Fsp3) is 0.462. The van der Waals surface area contributed by atoms with Gasteiger partial charge in [0.2, 0.25) is 5.91 Å². The van der Waals surface area contributed by atoms with Crippen LogP contribution in [-0.4, -0.2) is 30.6 Å². The molecule has 1 atom stereocenters. The lowest BCUT2D eigenvalue weighted by atomic mass is 10.0. The van der Waals surface area contributed by atoms with Crippen LogP contribution in [0.3, 0.4) is 0 Å². The molecule has 0 fully saturated rings. The summed E-state index contributed by atoms with van der Waals surface area (Å²) in [6.07, 6.45) is -5.31. The van der Waals surface area contributed by atoms with Crippen LogP contribution >= 0.6 is 0 Å². The molecule has 19 heavy (non-hydrogen) atoms. The molecule has 1 amide bonds. The van der Waals surface area contributed by atoms with Crippen molar-refractivity contribution in [2.24, 2.45) is 5.73 Å². The molecule has 3 nitrogen and oxygen atoms in total. The van der Waals surface area contributed by atoms with E-state index in [9.17, 15) is 18.0 Å². The predicted molar refractivity (Wildman–Crippen MR) is 66.4 cm³/mol. The minimum absolute atomic E-state index is 0.387. The van der Waals surface area contributed by atoms with Crippen LogP contribution in [0.1, 0.15) is 23.6 Å². The number of aryl methyl sites for hydroxylation is 1. The van der Waals surface area contributed by atoms with E-state index in [1.807, 2.05) is 6.92 Å². The Morgan fingerprint density at radius 3 is 2.32 bits per heavy atom. The van der Waals surface area contributed by atoms with Gasteiger partial charge in [0, 0.05) is 13.6 Å². The van der Waals surface area contributed by atoms with Crippen LogP contribution < -0.4 is 5.73 Å². The first-order chi connectivity index (χ1) is 8.70. The van der Waals surface area contributed by atoms with Crippen LogP contribution in [0.5, 0.6) is 0 Å². The van der Waals surface area contributed by atoms with Crippen molar-refractivity contribution in [3.63, 3.8) is 0 Å². The smallest absolute Gasteiger partial charge is 0.344 e. The molecule has 0 radical (unpaired) electrons. The summed E-state index contributed by atoms with van der Waals surface area (Å²) < 4.78 is 36.2. The Morgan fingerprint density at radius 2 is 1.84 bits per heavy atom. The maximum absolute atomic E-state index is 12.1. The molecule has 0 saturated heterocycles. The number of benzene rings is 1. The van der Waals surface area contributed by atoms with Gasteiger partial charge in [-0.15, -0.1) is 0 Å². The first-order valence-corrected chi connectivity index (χ1v) is 5.84. The van der Waals surface area contributed by atoms with Gasteiger partial charge < -0.3 is 10.6 Å². The number of halogens is 3. The van der Waals surface area contributed by atoms with Gasteiger partial charge in [0.15, 0.2) is 0 Å². The molecule has 1 rings (SSSR count). The summed E-state index contributed by atoms with van der Waals surface area (Å²) in [4.78, 5) is 12.9. The van der Waals surface area contributed by atoms with E-state index in [1.165, 1.54) is 7.05 Å². The second-order valence-corrected chi connectivity index (χ2v) is 4.51. The SMILES string of the molecule is Cc1ccc(C(N)C(=O)N(C)CCC(F)(F)F)cc1. The predicted octanol–water partition coefficient (Wildman–Crippen LogP) is 2.41. The Bertz CT molecular complexity index is 429. The number of hydrogen-bond donors (Lipinski definition) is 1. The Hall–Kier alpha value is -1.56. The Balaban J connectivity index is 2.63. The average Bonchev–Trinajstić information content (AvgIpc) is 2.34. The molecule has 0 aromatic heterocycles. The molecule has 0 aliphatic heterocycles. The highest BCUT2D eigenvalue weighted by atomic mass is 19.4. The van der Waals surface area contributed by atoms with Gasteiger partial charge in [0.25, 0.3) is 0 Å². The lowest BCUT2D eigenvalue weighted by molar-refractivity contribution is -0.144. The van der Waals surface area contributed by atoms with E-state index in [0.29, 0.717) is 5.56 Å². The maximum atomic E-state index is 12.1. The third-order valence-corrected chi connectivity index (χ3v) is 2.81. The zero-order valence-corrected chi connectivity index (χ0v) is 10.9. The summed E-state index contributed by atoms with van der Waals surface area (Å²) >= 11 is 0. The van der Waals surface area contributed by atoms with Gasteiger partial charge >= 0.3 is 6.18 Å². The summed E-state index contributed by atoms with van der Waals surface area (Å²) in [6, 6.07) is 6.08. The molecule has 1 aromatic rings. The number of likely N-dealkylation sites (N-methyl/N-ethyl adjacent to an activating group) is 1. The van der Waals surface area contributed by atoms with Gasteiger partial charge in [-0.1, -0.05) is 29.8 Å². The second kappa shape index (κ2) is 6.06. The normalized spacial score (nSPS) is 13.2. The van der Waals surface area contributed by atoms with Crippen LogP contribution in [0.2, 0.25) is 0 Å². The molecular formula is C13H17F3N2O. The van der Waals surface area contributed by atoms with Gasteiger partial charge in [0.1, 0.15) is 6.04 Å². The zero-order valence-electron chi connectivity index (χ0n) is 10.9. The number of carbonyl (C=O) groups excluding carboxylic acids is 1. The third kappa shape index (κ3) is 4.90. The lowest BCUT2D eigenvalue weighted by Gasteiger charge is -2.22. The Kier molecular flexibility index (Phi) is 4.94. The standard InChI is InChI=1S/C13H17F3N2O/c1-9-3-5-10(6-4-9)11(17)12(19)18(2)8-7-13(14,15)16/h3-6,11H,7-8,17H2,1-2H3. The molecule has 1 aromatic carbocycles. The zero-order chi connectivity index (χ0) is 14.6. The Morgan fingerprint density at radius 1 is 1.32 bits per heavy atom. The first kappa shape index (κ1) is 15.5. The quantitative estimate of drug-likeness (QED) is 0.916. The van der Waals surface area contributed by atoms with Crippen LogP contribution in [-0.2, 0) is 4.79 Å². The summed E-state index contributed by atoms with van der Waals surface area (Å²) in [6.45, 7) is 1.51. The van der Waals surface area contributed by atoms with Crippen LogP contribution in [0.25, 0.3) is 0 Å². The topological polar surface area (TPSA) is 46.3 Å². The van der Waals surface area contributed by atoms with Gasteiger partial charge in [-0.05, 0) is 12.5 Å². The number of amides is 1. The van der Waals surface area contributed by atoms with E-state index in [-0.39, 0.29) is 6.54 Å². The van der Waals surface area contributed by atoms with E-state index < -0.39 is 24.5 Å². The molecule has 0 heterocycles. The largest absolute Gasteiger partial charge is 0.390 e. The van der Waals surface area contributed by atoms with Crippen LogP contribution in [0.4, 0.5) is 13.2 Å². The molecule has 0 spiro atoms. The van der Waals surface area contributed by atoms with Gasteiger partial charge in [-0.2, -0.15) is 13.2 Å².